The van der Waals surface area contributed by atoms with Gasteiger partial charge in [0.1, 0.15) is 11.5 Å². The van der Waals surface area contributed by atoms with Crippen LogP contribution < -0.4 is 20.1 Å². The van der Waals surface area contributed by atoms with Gasteiger partial charge in [0.15, 0.2) is 0 Å². The van der Waals surface area contributed by atoms with Crippen molar-refractivity contribution in [3.05, 3.63) is 73.7 Å². The van der Waals surface area contributed by atoms with Crippen molar-refractivity contribution in [2.45, 2.75) is 4.90 Å². The van der Waals surface area contributed by atoms with Crippen LogP contribution in [0.25, 0.3) is 0 Å². The molecule has 8 nitrogen and oxygen atoms in total. The Morgan fingerprint density at radius 1 is 0.811 bits per heavy atom. The van der Waals surface area contributed by atoms with Crippen molar-refractivity contribution >= 4 is 87.3 Å². The number of thioether (sulfide) groups is 1. The molecular weight excluding hydrogens is 586 g/mol. The van der Waals surface area contributed by atoms with Crippen LogP contribution in [0, 0.1) is 0 Å². The zero-order valence-corrected chi connectivity index (χ0v) is 23.0. The zero-order valence-electron chi connectivity index (χ0n) is 19.2. The molecule has 13 heteroatoms. The molecule has 0 fully saturated rings. The maximum atomic E-state index is 13.0. The predicted molar refractivity (Wildman–Crippen MR) is 147 cm³/mol. The molecule has 0 unspecified atom stereocenters. The van der Waals surface area contributed by atoms with Gasteiger partial charge in [-0.15, -0.1) is 11.8 Å². The van der Waals surface area contributed by atoms with Crippen molar-refractivity contribution in [1.82, 2.24) is 0 Å². The third-order valence-electron chi connectivity index (χ3n) is 4.81. The summed E-state index contributed by atoms with van der Waals surface area (Å²) in [6.45, 7) is 0. The van der Waals surface area contributed by atoms with E-state index in [1.807, 2.05) is 0 Å². The minimum Gasteiger partial charge on any atom is -0.497 e. The fraction of sp³-hybridized carbons (Fsp3) is 0.125. The molecule has 0 aliphatic rings. The minimum atomic E-state index is -1.50. The third-order valence-corrected chi connectivity index (χ3v) is 7.60. The third kappa shape index (κ3) is 6.94. The number of hydrogen-bond donors (Lipinski definition) is 3. The highest BCUT2D eigenvalue weighted by Gasteiger charge is 2.29. The predicted octanol–water partition coefficient (Wildman–Crippen LogP) is 7.00. The van der Waals surface area contributed by atoms with E-state index in [1.165, 1.54) is 26.0 Å². The Kier molecular flexibility index (Phi) is 9.80. The second-order valence-electron chi connectivity index (χ2n) is 7.23. The summed E-state index contributed by atoms with van der Waals surface area (Å²) < 4.78 is 10.4. The lowest BCUT2D eigenvalue weighted by Gasteiger charge is -2.14. The Balaban J connectivity index is 1.73. The van der Waals surface area contributed by atoms with Crippen molar-refractivity contribution in [3.63, 3.8) is 0 Å². The molecule has 0 aromatic heterocycles. The molecule has 0 atom stereocenters. The summed E-state index contributed by atoms with van der Waals surface area (Å²) in [4.78, 5) is 37.8. The van der Waals surface area contributed by atoms with E-state index in [4.69, 9.17) is 55.9 Å². The van der Waals surface area contributed by atoms with Gasteiger partial charge in [-0.05, 0) is 18.2 Å². The van der Waals surface area contributed by atoms with Crippen LogP contribution in [0.3, 0.4) is 0 Å². The molecule has 37 heavy (non-hydrogen) atoms. The van der Waals surface area contributed by atoms with Gasteiger partial charge in [0.05, 0.1) is 51.2 Å². The molecule has 194 valence electrons. The highest BCUT2D eigenvalue weighted by molar-refractivity contribution is 8.00. The summed E-state index contributed by atoms with van der Waals surface area (Å²) in [6.07, 6.45) is 0. The molecule has 0 spiro atoms. The normalized spacial score (nSPS) is 10.5. The fourth-order valence-corrected chi connectivity index (χ4v) is 4.90. The summed E-state index contributed by atoms with van der Waals surface area (Å²) >= 11 is 25.3. The summed E-state index contributed by atoms with van der Waals surface area (Å²) in [7, 11) is 3.02. The number of rotatable bonds is 9. The molecule has 0 heterocycles. The summed E-state index contributed by atoms with van der Waals surface area (Å²) in [5, 5.41) is 13.6. The fourth-order valence-electron chi connectivity index (χ4n) is 3.13. The van der Waals surface area contributed by atoms with Gasteiger partial charge in [-0.3, -0.25) is 9.59 Å². The Labute approximate surface area is 236 Å². The monoisotopic (exact) mass is 602 g/mol. The van der Waals surface area contributed by atoms with Gasteiger partial charge in [-0.1, -0.05) is 52.5 Å². The van der Waals surface area contributed by atoms with Gasteiger partial charge < -0.3 is 25.2 Å². The molecule has 0 saturated heterocycles. The average molecular weight is 604 g/mol. The van der Waals surface area contributed by atoms with Crippen molar-refractivity contribution in [3.8, 4) is 11.5 Å². The van der Waals surface area contributed by atoms with Gasteiger partial charge in [0.2, 0.25) is 5.91 Å². The van der Waals surface area contributed by atoms with Gasteiger partial charge in [-0.25, -0.2) is 4.79 Å². The van der Waals surface area contributed by atoms with Crippen LogP contribution in [0.15, 0.2) is 47.4 Å². The first-order valence-electron chi connectivity index (χ1n) is 10.2. The van der Waals surface area contributed by atoms with Gasteiger partial charge in [0, 0.05) is 34.5 Å². The number of methoxy groups -OCH3 is 2. The Bertz CT molecular complexity index is 1360. The molecule has 0 aliphatic heterocycles. The molecule has 0 aliphatic carbocycles. The summed E-state index contributed by atoms with van der Waals surface area (Å²) in [6, 6.07) is 11.6. The van der Waals surface area contributed by atoms with E-state index in [2.05, 4.69) is 10.6 Å². The van der Waals surface area contributed by atoms with Crippen molar-refractivity contribution in [2.75, 3.05) is 30.6 Å². The number of carbonyl (C=O) groups is 3. The second kappa shape index (κ2) is 12.6. The number of aromatic carboxylic acids is 1. The average Bonchev–Trinajstić information content (AvgIpc) is 2.87. The number of amides is 2. The van der Waals surface area contributed by atoms with Crippen LogP contribution in [0.5, 0.6) is 11.5 Å². The van der Waals surface area contributed by atoms with E-state index in [9.17, 15) is 19.5 Å². The lowest BCUT2D eigenvalue weighted by atomic mass is 10.1. The van der Waals surface area contributed by atoms with Gasteiger partial charge in [0.25, 0.3) is 5.91 Å². The topological polar surface area (TPSA) is 114 Å². The van der Waals surface area contributed by atoms with E-state index >= 15 is 0 Å². The van der Waals surface area contributed by atoms with Crippen LogP contribution in [0.1, 0.15) is 20.7 Å². The summed E-state index contributed by atoms with van der Waals surface area (Å²) in [5.74, 6) is -1.51. The zero-order chi connectivity index (χ0) is 27.3. The number of carboxylic acids is 1. The SMILES string of the molecule is COc1cc(NC(=O)CSc2cccc(NC(=O)c3c(Cl)c(Cl)c(Cl)c(Cl)c3C(=O)O)c2)cc(OC)c1. The Hall–Kier alpha value is -2.82. The van der Waals surface area contributed by atoms with E-state index in [1.54, 1.807) is 42.5 Å². The molecule has 0 saturated carbocycles. The van der Waals surface area contributed by atoms with E-state index in [0.717, 1.165) is 0 Å². The first-order valence-corrected chi connectivity index (χ1v) is 12.7. The Morgan fingerprint density at radius 2 is 1.41 bits per heavy atom. The van der Waals surface area contributed by atoms with Crippen LogP contribution in [0.4, 0.5) is 11.4 Å². The van der Waals surface area contributed by atoms with Crippen LogP contribution in [0.2, 0.25) is 20.1 Å². The largest absolute Gasteiger partial charge is 0.497 e. The van der Waals surface area contributed by atoms with E-state index < -0.39 is 28.0 Å². The quantitative estimate of drug-likeness (QED) is 0.137. The minimum absolute atomic E-state index is 0.0638. The molecule has 3 aromatic carbocycles. The highest BCUT2D eigenvalue weighted by atomic mass is 35.5. The number of anilines is 2. The van der Waals surface area contributed by atoms with E-state index in [0.29, 0.717) is 27.8 Å². The lowest BCUT2D eigenvalue weighted by Crippen LogP contribution is -2.18. The van der Waals surface area contributed by atoms with E-state index in [-0.39, 0.29) is 26.7 Å². The first-order chi connectivity index (χ1) is 17.5. The number of benzene rings is 3. The van der Waals surface area contributed by atoms with Gasteiger partial charge in [-0.2, -0.15) is 0 Å². The number of hydrogen-bond acceptors (Lipinski definition) is 6. The number of halogens is 4. The van der Waals surface area contributed by atoms with Crippen LogP contribution >= 0.6 is 58.2 Å². The van der Waals surface area contributed by atoms with Gasteiger partial charge >= 0.3 is 5.97 Å². The molecule has 3 N–H and O–H groups in total. The van der Waals surface area contributed by atoms with Crippen LogP contribution in [-0.4, -0.2) is 42.9 Å². The maximum absolute atomic E-state index is 13.0. The maximum Gasteiger partial charge on any atom is 0.338 e. The summed E-state index contributed by atoms with van der Waals surface area (Å²) in [5.41, 5.74) is -0.175. The molecular formula is C24H18Cl4N2O6S. The molecule has 0 bridgehead atoms. The standard InChI is InChI=1S/C24H18Cl4N2O6S/c1-35-13-6-12(7-14(9-13)36-2)29-16(31)10-37-15-5-3-4-11(8-15)30-23(32)17-18(24(33)34)20(26)22(28)21(27)19(17)25/h3-9H,10H2,1-2H3,(H,29,31)(H,30,32)(H,33,34). The van der Waals surface area contributed by atoms with Crippen molar-refractivity contribution in [1.29, 1.82) is 0 Å². The second-order valence-corrected chi connectivity index (χ2v) is 9.79. The molecule has 3 rings (SSSR count). The molecule has 2 amide bonds. The molecule has 0 radical (unpaired) electrons. The highest BCUT2D eigenvalue weighted by Crippen LogP contribution is 2.42. The first kappa shape index (κ1) is 28.7. The van der Waals surface area contributed by atoms with Crippen LogP contribution in [-0.2, 0) is 4.79 Å². The molecule has 3 aromatic rings. The number of carbonyl (C=O) groups excluding carboxylic acids is 2. The van der Waals surface area contributed by atoms with Crippen molar-refractivity contribution in [2.24, 2.45) is 0 Å². The van der Waals surface area contributed by atoms with Crippen molar-refractivity contribution < 1.29 is 29.0 Å². The number of ether oxygens (including phenoxy) is 2. The lowest BCUT2D eigenvalue weighted by molar-refractivity contribution is -0.113. The number of nitrogens with one attached hydrogen (secondary N) is 2. The smallest absolute Gasteiger partial charge is 0.338 e. The Morgan fingerprint density at radius 3 is 1.97 bits per heavy atom. The number of carboxylic acid groups (broad SMARTS) is 1.